The van der Waals surface area contributed by atoms with Crippen LogP contribution in [0.25, 0.3) is 0 Å². The lowest BCUT2D eigenvalue weighted by molar-refractivity contribution is 0.0122. The predicted molar refractivity (Wildman–Crippen MR) is 73.1 cm³/mol. The van der Waals surface area contributed by atoms with E-state index in [2.05, 4.69) is 43.4 Å². The average molecular weight is 235 g/mol. The lowest BCUT2D eigenvalue weighted by atomic mass is 9.92. The number of aryl methyl sites for hydroxylation is 1. The highest BCUT2D eigenvalue weighted by atomic mass is 16.3. The Kier molecular flexibility index (Phi) is 4.72. The van der Waals surface area contributed by atoms with Gasteiger partial charge in [-0.15, -0.1) is 0 Å². The molecule has 2 nitrogen and oxygen atoms in total. The minimum atomic E-state index is -0.656. The smallest absolute Gasteiger partial charge is 0.0766 e. The second-order valence-electron chi connectivity index (χ2n) is 5.47. The molecule has 96 valence electrons. The first-order valence-corrected chi connectivity index (χ1v) is 6.36. The van der Waals surface area contributed by atoms with Crippen LogP contribution in [0.2, 0.25) is 0 Å². The highest BCUT2D eigenvalue weighted by Gasteiger charge is 2.25. The molecule has 0 aliphatic carbocycles. The molecule has 0 fully saturated rings. The lowest BCUT2D eigenvalue weighted by Gasteiger charge is -2.30. The van der Waals surface area contributed by atoms with Gasteiger partial charge in [0.15, 0.2) is 0 Å². The quantitative estimate of drug-likeness (QED) is 0.822. The van der Waals surface area contributed by atoms with E-state index in [0.717, 1.165) is 0 Å². The molecule has 17 heavy (non-hydrogen) atoms. The van der Waals surface area contributed by atoms with Gasteiger partial charge in [0.1, 0.15) is 0 Å². The molecule has 1 rings (SSSR count). The molecule has 0 heterocycles. The molecule has 0 spiro atoms. The van der Waals surface area contributed by atoms with Crippen LogP contribution in [0.1, 0.15) is 44.9 Å². The van der Waals surface area contributed by atoms with Gasteiger partial charge >= 0.3 is 0 Å². The second kappa shape index (κ2) is 5.65. The van der Waals surface area contributed by atoms with Gasteiger partial charge in [-0.2, -0.15) is 0 Å². The fraction of sp³-hybridized carbons (Fsp3) is 0.600. The van der Waals surface area contributed by atoms with E-state index < -0.39 is 5.60 Å². The van der Waals surface area contributed by atoms with Crippen molar-refractivity contribution in [2.45, 2.75) is 46.3 Å². The van der Waals surface area contributed by atoms with Crippen molar-refractivity contribution in [3.63, 3.8) is 0 Å². The minimum absolute atomic E-state index is 0.249. The molecule has 2 N–H and O–H groups in total. The zero-order chi connectivity index (χ0) is 13.1. The molecule has 1 aromatic carbocycles. The van der Waals surface area contributed by atoms with Crippen molar-refractivity contribution < 1.29 is 5.11 Å². The molecule has 0 aliphatic heterocycles. The van der Waals surface area contributed by atoms with Crippen molar-refractivity contribution >= 4 is 0 Å². The summed E-state index contributed by atoms with van der Waals surface area (Å²) in [5, 5.41) is 13.6. The molecule has 0 amide bonds. The number of aliphatic hydroxyl groups is 1. The van der Waals surface area contributed by atoms with E-state index in [0.29, 0.717) is 6.54 Å². The average Bonchev–Trinajstić information content (AvgIpc) is 2.26. The van der Waals surface area contributed by atoms with Crippen molar-refractivity contribution in [1.29, 1.82) is 0 Å². The van der Waals surface area contributed by atoms with Crippen LogP contribution in [0.4, 0.5) is 0 Å². The Morgan fingerprint density at radius 2 is 1.82 bits per heavy atom. The van der Waals surface area contributed by atoms with Crippen LogP contribution in [0.15, 0.2) is 24.3 Å². The molecule has 2 heteroatoms. The maximum atomic E-state index is 10.2. The minimum Gasteiger partial charge on any atom is -0.389 e. The molecule has 0 aliphatic rings. The Bertz CT molecular complexity index is 358. The van der Waals surface area contributed by atoms with Gasteiger partial charge in [-0.1, -0.05) is 38.1 Å². The van der Waals surface area contributed by atoms with Crippen molar-refractivity contribution in [2.75, 3.05) is 6.54 Å². The first-order valence-electron chi connectivity index (χ1n) is 6.36. The summed E-state index contributed by atoms with van der Waals surface area (Å²) in [5.74, 6) is 0.249. The fourth-order valence-electron chi connectivity index (χ4n) is 1.75. The van der Waals surface area contributed by atoms with Gasteiger partial charge in [0.2, 0.25) is 0 Å². The first-order chi connectivity index (χ1) is 7.84. The topological polar surface area (TPSA) is 32.3 Å². The van der Waals surface area contributed by atoms with Crippen molar-refractivity contribution in [3.05, 3.63) is 35.4 Å². The molecular formula is C15H25NO. The number of rotatable bonds is 5. The maximum absolute atomic E-state index is 10.2. The maximum Gasteiger partial charge on any atom is 0.0766 e. The molecule has 0 radical (unpaired) electrons. The summed E-state index contributed by atoms with van der Waals surface area (Å²) in [5.41, 5.74) is 1.93. The lowest BCUT2D eigenvalue weighted by Crippen LogP contribution is -2.43. The highest BCUT2D eigenvalue weighted by Crippen LogP contribution is 2.19. The van der Waals surface area contributed by atoms with Gasteiger partial charge in [-0.3, -0.25) is 0 Å². The van der Waals surface area contributed by atoms with Gasteiger partial charge in [0.25, 0.3) is 0 Å². The summed E-state index contributed by atoms with van der Waals surface area (Å²) in [6.07, 6.45) is 0. The summed E-state index contributed by atoms with van der Waals surface area (Å²) in [7, 11) is 0. The fourth-order valence-corrected chi connectivity index (χ4v) is 1.75. The summed E-state index contributed by atoms with van der Waals surface area (Å²) in [4.78, 5) is 0. The molecule has 1 aromatic rings. The predicted octanol–water partition coefficient (Wildman–Crippen LogP) is 3.05. The van der Waals surface area contributed by atoms with Crippen LogP contribution in [-0.2, 0) is 0 Å². The van der Waals surface area contributed by atoms with Crippen molar-refractivity contribution in [1.82, 2.24) is 5.32 Å². The van der Waals surface area contributed by atoms with E-state index in [-0.39, 0.29) is 12.0 Å². The third-order valence-electron chi connectivity index (χ3n) is 3.66. The number of benzene rings is 1. The summed E-state index contributed by atoms with van der Waals surface area (Å²) in [6.45, 7) is 10.8. The van der Waals surface area contributed by atoms with Crippen LogP contribution in [0.5, 0.6) is 0 Å². The van der Waals surface area contributed by atoms with Crippen molar-refractivity contribution in [3.8, 4) is 0 Å². The number of nitrogens with one attached hydrogen (secondary N) is 1. The van der Waals surface area contributed by atoms with Gasteiger partial charge in [-0.25, -0.2) is 0 Å². The Morgan fingerprint density at radius 1 is 1.24 bits per heavy atom. The molecular weight excluding hydrogens is 210 g/mol. The largest absolute Gasteiger partial charge is 0.389 e. The summed E-state index contributed by atoms with van der Waals surface area (Å²) in [6, 6.07) is 8.63. The third-order valence-corrected chi connectivity index (χ3v) is 3.66. The highest BCUT2D eigenvalue weighted by molar-refractivity contribution is 5.28. The molecule has 0 saturated carbocycles. The molecule has 0 aromatic heterocycles. The van der Waals surface area contributed by atoms with Gasteiger partial charge in [0.05, 0.1) is 5.60 Å². The summed E-state index contributed by atoms with van der Waals surface area (Å²) >= 11 is 0. The summed E-state index contributed by atoms with van der Waals surface area (Å²) < 4.78 is 0. The van der Waals surface area contributed by atoms with Crippen LogP contribution >= 0.6 is 0 Å². The normalized spacial score (nSPS) is 16.9. The Balaban J connectivity index is 2.62. The zero-order valence-electron chi connectivity index (χ0n) is 11.6. The van der Waals surface area contributed by atoms with E-state index >= 15 is 0 Å². The first kappa shape index (κ1) is 14.2. The van der Waals surface area contributed by atoms with Crippen LogP contribution in [0, 0.1) is 12.8 Å². The van der Waals surface area contributed by atoms with E-state index in [1.807, 2.05) is 20.8 Å². The number of hydrogen-bond acceptors (Lipinski definition) is 2. The Labute approximate surface area is 105 Å². The van der Waals surface area contributed by atoms with Crippen LogP contribution in [-0.4, -0.2) is 17.3 Å². The molecule has 1 unspecified atom stereocenters. The SMILES string of the molecule is Cc1ccccc1[C@@H](C)NCC(C)(O)C(C)C. The third kappa shape index (κ3) is 3.83. The second-order valence-corrected chi connectivity index (χ2v) is 5.47. The molecule has 0 bridgehead atoms. The zero-order valence-corrected chi connectivity index (χ0v) is 11.6. The van der Waals surface area contributed by atoms with E-state index in [9.17, 15) is 5.11 Å². The standard InChI is InChI=1S/C15H25NO/c1-11(2)15(5,17)10-16-13(4)14-9-7-6-8-12(14)3/h6-9,11,13,16-17H,10H2,1-5H3/t13-,15?/m1/s1. The van der Waals surface area contributed by atoms with Crippen molar-refractivity contribution in [2.24, 2.45) is 5.92 Å². The van der Waals surface area contributed by atoms with Crippen LogP contribution < -0.4 is 5.32 Å². The van der Waals surface area contributed by atoms with E-state index in [1.54, 1.807) is 0 Å². The molecule has 0 saturated heterocycles. The van der Waals surface area contributed by atoms with E-state index in [1.165, 1.54) is 11.1 Å². The Morgan fingerprint density at radius 3 is 2.35 bits per heavy atom. The molecule has 2 atom stereocenters. The van der Waals surface area contributed by atoms with Gasteiger partial charge in [-0.05, 0) is 37.8 Å². The monoisotopic (exact) mass is 235 g/mol. The number of hydrogen-bond donors (Lipinski definition) is 2. The van der Waals surface area contributed by atoms with Gasteiger partial charge in [0, 0.05) is 12.6 Å². The van der Waals surface area contributed by atoms with E-state index in [4.69, 9.17) is 0 Å². The van der Waals surface area contributed by atoms with Crippen LogP contribution in [0.3, 0.4) is 0 Å². The Hall–Kier alpha value is -0.860. The van der Waals surface area contributed by atoms with Gasteiger partial charge < -0.3 is 10.4 Å².